The predicted octanol–water partition coefficient (Wildman–Crippen LogP) is 1.60. The highest BCUT2D eigenvalue weighted by atomic mass is 35.5. The van der Waals surface area contributed by atoms with Crippen LogP contribution in [0, 0.1) is 6.92 Å². The third-order valence-corrected chi connectivity index (χ3v) is 2.93. The summed E-state index contributed by atoms with van der Waals surface area (Å²) in [5.41, 5.74) is 8.11. The molecule has 1 aromatic heterocycles. The highest BCUT2D eigenvalue weighted by Crippen LogP contribution is 2.14. The van der Waals surface area contributed by atoms with Crippen molar-refractivity contribution in [3.63, 3.8) is 0 Å². The van der Waals surface area contributed by atoms with Crippen molar-refractivity contribution in [3.05, 3.63) is 16.1 Å². The van der Waals surface area contributed by atoms with Crippen LogP contribution in [0.2, 0.25) is 0 Å². The number of amides is 1. The number of aromatic nitrogens is 1. The summed E-state index contributed by atoms with van der Waals surface area (Å²) >= 11 is 1.58. The summed E-state index contributed by atoms with van der Waals surface area (Å²) in [6.45, 7) is 2.99. The normalized spacial score (nSPS) is 8.94. The van der Waals surface area contributed by atoms with E-state index in [1.54, 1.807) is 28.8 Å². The fourth-order valence-corrected chi connectivity index (χ4v) is 1.93. The fourth-order valence-electron chi connectivity index (χ4n) is 1.10. The summed E-state index contributed by atoms with van der Waals surface area (Å²) in [6, 6.07) is 0. The topological polar surface area (TPSA) is 59.2 Å². The smallest absolute Gasteiger partial charge is 0.223 e. The van der Waals surface area contributed by atoms with Crippen LogP contribution in [-0.4, -0.2) is 29.4 Å². The van der Waals surface area contributed by atoms with Gasteiger partial charge in [-0.05, 0) is 6.92 Å². The van der Waals surface area contributed by atoms with Crippen LogP contribution in [0.5, 0.6) is 0 Å². The Kier molecular flexibility index (Phi) is 9.86. The quantitative estimate of drug-likeness (QED) is 0.914. The van der Waals surface area contributed by atoms with Crippen LogP contribution in [0.3, 0.4) is 0 Å². The Morgan fingerprint density at radius 1 is 1.56 bits per heavy atom. The van der Waals surface area contributed by atoms with Gasteiger partial charge in [0.15, 0.2) is 0 Å². The lowest BCUT2D eigenvalue weighted by Gasteiger charge is -2.15. The standard InChI is InChI=1S/C9H15N3OS.2ClH/c1-7-8(14-6-11-7)5-12(2)9(13)3-4-10;;/h6H,3-5,10H2,1-2H3;2*1H. The molecule has 0 atom stereocenters. The average molecular weight is 286 g/mol. The number of carbonyl (C=O) groups excluding carboxylic acids is 1. The van der Waals surface area contributed by atoms with Crippen molar-refractivity contribution in [2.75, 3.05) is 13.6 Å². The van der Waals surface area contributed by atoms with Crippen molar-refractivity contribution in [2.24, 2.45) is 5.73 Å². The Bertz CT molecular complexity index is 319. The van der Waals surface area contributed by atoms with Gasteiger partial charge < -0.3 is 10.6 Å². The molecule has 7 heteroatoms. The van der Waals surface area contributed by atoms with E-state index in [9.17, 15) is 4.79 Å². The van der Waals surface area contributed by atoms with E-state index in [4.69, 9.17) is 5.73 Å². The van der Waals surface area contributed by atoms with E-state index < -0.39 is 0 Å². The van der Waals surface area contributed by atoms with Crippen molar-refractivity contribution < 1.29 is 4.79 Å². The second kappa shape index (κ2) is 8.75. The highest BCUT2D eigenvalue weighted by Gasteiger charge is 2.10. The number of nitrogens with two attached hydrogens (primary N) is 1. The molecule has 4 nitrogen and oxygen atoms in total. The molecular formula is C9H17Cl2N3OS. The summed E-state index contributed by atoms with van der Waals surface area (Å²) in [4.78, 5) is 18.4. The average Bonchev–Trinajstić information content (AvgIpc) is 2.52. The van der Waals surface area contributed by atoms with Gasteiger partial charge in [-0.2, -0.15) is 0 Å². The number of carbonyl (C=O) groups is 1. The third kappa shape index (κ3) is 5.12. The maximum absolute atomic E-state index is 11.4. The van der Waals surface area contributed by atoms with Gasteiger partial charge in [-0.3, -0.25) is 4.79 Å². The zero-order valence-corrected chi connectivity index (χ0v) is 11.8. The molecule has 0 saturated heterocycles. The van der Waals surface area contributed by atoms with Gasteiger partial charge in [-0.25, -0.2) is 4.98 Å². The summed E-state index contributed by atoms with van der Waals surface area (Å²) in [5, 5.41) is 0. The first kappa shape index (κ1) is 18.0. The van der Waals surface area contributed by atoms with Crippen molar-refractivity contribution in [1.82, 2.24) is 9.88 Å². The van der Waals surface area contributed by atoms with E-state index in [0.29, 0.717) is 19.5 Å². The largest absolute Gasteiger partial charge is 0.341 e. The lowest BCUT2D eigenvalue weighted by molar-refractivity contribution is -0.130. The maximum Gasteiger partial charge on any atom is 0.223 e. The van der Waals surface area contributed by atoms with E-state index in [0.717, 1.165) is 10.6 Å². The Hall–Kier alpha value is -0.360. The zero-order valence-electron chi connectivity index (χ0n) is 9.30. The highest BCUT2D eigenvalue weighted by molar-refractivity contribution is 7.09. The summed E-state index contributed by atoms with van der Waals surface area (Å²) in [5.74, 6) is 0.0836. The number of aryl methyl sites for hydroxylation is 1. The van der Waals surface area contributed by atoms with Crippen LogP contribution in [0.15, 0.2) is 5.51 Å². The molecule has 0 spiro atoms. The van der Waals surface area contributed by atoms with Gasteiger partial charge in [0.05, 0.1) is 17.7 Å². The minimum absolute atomic E-state index is 0. The summed E-state index contributed by atoms with van der Waals surface area (Å²) in [7, 11) is 1.79. The number of hydrogen-bond donors (Lipinski definition) is 1. The van der Waals surface area contributed by atoms with E-state index in [1.807, 2.05) is 6.92 Å². The molecular weight excluding hydrogens is 269 g/mol. The second-order valence-corrected chi connectivity index (χ2v) is 4.09. The predicted molar refractivity (Wildman–Crippen MR) is 71.5 cm³/mol. The number of hydrogen-bond acceptors (Lipinski definition) is 4. The van der Waals surface area contributed by atoms with Gasteiger partial charge >= 0.3 is 0 Å². The first-order valence-corrected chi connectivity index (χ1v) is 5.36. The lowest BCUT2D eigenvalue weighted by Crippen LogP contribution is -2.27. The molecule has 94 valence electrons. The van der Waals surface area contributed by atoms with Crippen LogP contribution < -0.4 is 5.73 Å². The molecule has 0 saturated carbocycles. The van der Waals surface area contributed by atoms with E-state index >= 15 is 0 Å². The molecule has 1 aromatic rings. The third-order valence-electron chi connectivity index (χ3n) is 2.01. The van der Waals surface area contributed by atoms with Gasteiger partial charge in [-0.1, -0.05) is 0 Å². The number of halogens is 2. The van der Waals surface area contributed by atoms with E-state index in [1.165, 1.54) is 0 Å². The first-order valence-electron chi connectivity index (χ1n) is 4.48. The van der Waals surface area contributed by atoms with Crippen LogP contribution in [0.25, 0.3) is 0 Å². The van der Waals surface area contributed by atoms with E-state index in [-0.39, 0.29) is 30.7 Å². The van der Waals surface area contributed by atoms with Gasteiger partial charge in [0.25, 0.3) is 0 Å². The second-order valence-electron chi connectivity index (χ2n) is 3.15. The van der Waals surface area contributed by atoms with Crippen LogP contribution in [-0.2, 0) is 11.3 Å². The summed E-state index contributed by atoms with van der Waals surface area (Å²) < 4.78 is 0. The molecule has 1 rings (SSSR count). The summed E-state index contributed by atoms with van der Waals surface area (Å²) in [6.07, 6.45) is 0.411. The number of rotatable bonds is 4. The fraction of sp³-hybridized carbons (Fsp3) is 0.556. The molecule has 0 aliphatic heterocycles. The number of thiazole rings is 1. The Labute approximate surface area is 112 Å². The molecule has 0 radical (unpaired) electrons. The minimum Gasteiger partial charge on any atom is -0.341 e. The number of nitrogens with zero attached hydrogens (tertiary/aromatic N) is 2. The molecule has 16 heavy (non-hydrogen) atoms. The molecule has 0 fully saturated rings. The van der Waals surface area contributed by atoms with Crippen LogP contribution in [0.4, 0.5) is 0 Å². The van der Waals surface area contributed by atoms with Crippen LogP contribution >= 0.6 is 36.2 Å². The van der Waals surface area contributed by atoms with Gasteiger partial charge in [0.1, 0.15) is 0 Å². The molecule has 0 aromatic carbocycles. The van der Waals surface area contributed by atoms with Crippen molar-refractivity contribution in [3.8, 4) is 0 Å². The molecule has 1 heterocycles. The molecule has 0 bridgehead atoms. The molecule has 0 unspecified atom stereocenters. The molecule has 2 N–H and O–H groups in total. The lowest BCUT2D eigenvalue weighted by atomic mass is 10.3. The zero-order chi connectivity index (χ0) is 10.6. The Morgan fingerprint density at radius 3 is 2.62 bits per heavy atom. The Morgan fingerprint density at radius 2 is 2.19 bits per heavy atom. The monoisotopic (exact) mass is 285 g/mol. The Balaban J connectivity index is 0. The first-order chi connectivity index (χ1) is 6.65. The minimum atomic E-state index is 0. The van der Waals surface area contributed by atoms with E-state index in [2.05, 4.69) is 4.98 Å². The van der Waals surface area contributed by atoms with Gasteiger partial charge in [0.2, 0.25) is 5.91 Å². The molecule has 0 aliphatic rings. The maximum atomic E-state index is 11.4. The van der Waals surface area contributed by atoms with Crippen LogP contribution in [0.1, 0.15) is 17.0 Å². The van der Waals surface area contributed by atoms with Gasteiger partial charge in [-0.15, -0.1) is 36.2 Å². The van der Waals surface area contributed by atoms with Crippen molar-refractivity contribution in [1.29, 1.82) is 0 Å². The SMILES string of the molecule is Cc1ncsc1CN(C)C(=O)CCN.Cl.Cl. The molecule has 1 amide bonds. The van der Waals surface area contributed by atoms with Gasteiger partial charge in [0, 0.05) is 24.9 Å². The van der Waals surface area contributed by atoms with Crippen molar-refractivity contribution >= 4 is 42.1 Å². The van der Waals surface area contributed by atoms with Crippen molar-refractivity contribution in [2.45, 2.75) is 19.9 Å². The molecule has 0 aliphatic carbocycles.